The number of rotatable bonds is 4. The Labute approximate surface area is 131 Å². The second-order valence-corrected chi connectivity index (χ2v) is 7.35. The molecule has 0 amide bonds. The van der Waals surface area contributed by atoms with Gasteiger partial charge in [0.2, 0.25) is 0 Å². The van der Waals surface area contributed by atoms with E-state index >= 15 is 0 Å². The summed E-state index contributed by atoms with van der Waals surface area (Å²) in [5, 5.41) is 0. The predicted molar refractivity (Wildman–Crippen MR) is 89.9 cm³/mol. The molecular weight excluding hydrogens is 296 g/mol. The molecule has 1 aliphatic rings. The van der Waals surface area contributed by atoms with E-state index in [0.29, 0.717) is 10.6 Å². The molecule has 3 rings (SSSR count). The maximum atomic E-state index is 12.5. The molecule has 4 nitrogen and oxygen atoms in total. The first-order valence-electron chi connectivity index (χ1n) is 7.49. The van der Waals surface area contributed by atoms with Crippen LogP contribution >= 0.6 is 0 Å². The Balaban J connectivity index is 1.84. The molecule has 2 aromatic carbocycles. The van der Waals surface area contributed by atoms with Gasteiger partial charge in [-0.1, -0.05) is 18.2 Å². The van der Waals surface area contributed by atoms with Crippen LogP contribution in [0.5, 0.6) is 0 Å². The van der Waals surface area contributed by atoms with Crippen molar-refractivity contribution in [2.75, 3.05) is 22.7 Å². The molecule has 116 valence electrons. The van der Waals surface area contributed by atoms with Gasteiger partial charge in [-0.3, -0.25) is 4.72 Å². The van der Waals surface area contributed by atoms with Gasteiger partial charge in [-0.25, -0.2) is 8.42 Å². The van der Waals surface area contributed by atoms with Gasteiger partial charge in [0.1, 0.15) is 0 Å². The van der Waals surface area contributed by atoms with Gasteiger partial charge in [0, 0.05) is 18.8 Å². The Morgan fingerprint density at radius 2 is 1.73 bits per heavy atom. The first-order valence-corrected chi connectivity index (χ1v) is 8.97. The Kier molecular flexibility index (Phi) is 4.07. The van der Waals surface area contributed by atoms with E-state index in [2.05, 4.69) is 9.62 Å². The molecule has 1 heterocycles. The monoisotopic (exact) mass is 316 g/mol. The van der Waals surface area contributed by atoms with Gasteiger partial charge in [-0.15, -0.1) is 0 Å². The molecule has 0 aromatic heterocycles. The predicted octanol–water partition coefficient (Wildman–Crippen LogP) is 3.40. The molecule has 0 aliphatic carbocycles. The van der Waals surface area contributed by atoms with Crippen LogP contribution in [-0.4, -0.2) is 21.5 Å². The van der Waals surface area contributed by atoms with Gasteiger partial charge < -0.3 is 4.90 Å². The highest BCUT2D eigenvalue weighted by Crippen LogP contribution is 2.25. The van der Waals surface area contributed by atoms with Crippen LogP contribution in [0, 0.1) is 6.92 Å². The minimum absolute atomic E-state index is 0.291. The van der Waals surface area contributed by atoms with E-state index in [9.17, 15) is 8.42 Å². The van der Waals surface area contributed by atoms with Crippen LogP contribution in [0.15, 0.2) is 53.4 Å². The van der Waals surface area contributed by atoms with Crippen molar-refractivity contribution in [3.8, 4) is 0 Å². The standard InChI is InChI=1S/C17H20N2O2S/c1-14-6-4-9-17(12-14)22(20,21)18-15-7-5-8-16(13-15)19-10-2-3-11-19/h4-9,12-13,18H,2-3,10-11H2,1H3. The van der Waals surface area contributed by atoms with Gasteiger partial charge in [0.15, 0.2) is 0 Å². The van der Waals surface area contributed by atoms with E-state index in [1.165, 1.54) is 12.8 Å². The summed E-state index contributed by atoms with van der Waals surface area (Å²) < 4.78 is 27.6. The Bertz CT molecular complexity index is 766. The smallest absolute Gasteiger partial charge is 0.261 e. The number of sulfonamides is 1. The van der Waals surface area contributed by atoms with Crippen LogP contribution in [0.1, 0.15) is 18.4 Å². The summed E-state index contributed by atoms with van der Waals surface area (Å²) in [6.45, 7) is 3.95. The fourth-order valence-corrected chi connectivity index (χ4v) is 3.89. The number of aryl methyl sites for hydroxylation is 1. The summed E-state index contributed by atoms with van der Waals surface area (Å²) >= 11 is 0. The van der Waals surface area contributed by atoms with Crippen LogP contribution < -0.4 is 9.62 Å². The third-order valence-corrected chi connectivity index (χ3v) is 5.25. The summed E-state index contributed by atoms with van der Waals surface area (Å²) in [7, 11) is -3.54. The Morgan fingerprint density at radius 3 is 2.45 bits per heavy atom. The zero-order valence-corrected chi connectivity index (χ0v) is 13.4. The lowest BCUT2D eigenvalue weighted by atomic mass is 10.2. The van der Waals surface area contributed by atoms with Crippen molar-refractivity contribution in [2.45, 2.75) is 24.7 Å². The SMILES string of the molecule is Cc1cccc(S(=O)(=O)Nc2cccc(N3CCCC3)c2)c1. The van der Waals surface area contributed by atoms with Gasteiger partial charge in [-0.2, -0.15) is 0 Å². The Morgan fingerprint density at radius 1 is 1.00 bits per heavy atom. The third-order valence-electron chi connectivity index (χ3n) is 3.87. The number of hydrogen-bond acceptors (Lipinski definition) is 3. The average molecular weight is 316 g/mol. The van der Waals surface area contributed by atoms with E-state index in [-0.39, 0.29) is 0 Å². The highest BCUT2D eigenvalue weighted by atomic mass is 32.2. The maximum Gasteiger partial charge on any atom is 0.261 e. The molecule has 0 spiro atoms. The van der Waals surface area contributed by atoms with E-state index in [1.807, 2.05) is 31.2 Å². The number of nitrogens with one attached hydrogen (secondary N) is 1. The largest absolute Gasteiger partial charge is 0.371 e. The molecule has 0 saturated carbocycles. The number of hydrogen-bond donors (Lipinski definition) is 1. The number of anilines is 2. The van der Waals surface area contributed by atoms with Gasteiger partial charge >= 0.3 is 0 Å². The summed E-state index contributed by atoms with van der Waals surface area (Å²) in [6, 6.07) is 14.5. The van der Waals surface area contributed by atoms with Crippen molar-refractivity contribution >= 4 is 21.4 Å². The molecule has 1 saturated heterocycles. The second kappa shape index (κ2) is 6.01. The molecule has 22 heavy (non-hydrogen) atoms. The van der Waals surface area contributed by atoms with Crippen LogP contribution in [0.25, 0.3) is 0 Å². The zero-order valence-electron chi connectivity index (χ0n) is 12.6. The molecule has 2 aromatic rings. The molecular formula is C17H20N2O2S. The third kappa shape index (κ3) is 3.25. The van der Waals surface area contributed by atoms with E-state index in [1.54, 1.807) is 24.3 Å². The van der Waals surface area contributed by atoms with Gasteiger partial charge in [0.25, 0.3) is 10.0 Å². The quantitative estimate of drug-likeness (QED) is 0.940. The molecule has 1 N–H and O–H groups in total. The summed E-state index contributed by atoms with van der Waals surface area (Å²) in [5.41, 5.74) is 2.60. The van der Waals surface area contributed by atoms with Crippen molar-refractivity contribution in [2.24, 2.45) is 0 Å². The van der Waals surface area contributed by atoms with Crippen molar-refractivity contribution < 1.29 is 8.42 Å². The lowest BCUT2D eigenvalue weighted by Gasteiger charge is -2.18. The highest BCUT2D eigenvalue weighted by Gasteiger charge is 2.16. The molecule has 0 bridgehead atoms. The lowest BCUT2D eigenvalue weighted by Crippen LogP contribution is -2.18. The summed E-state index contributed by atoms with van der Waals surface area (Å²) in [5.74, 6) is 0. The lowest BCUT2D eigenvalue weighted by molar-refractivity contribution is 0.601. The fourth-order valence-electron chi connectivity index (χ4n) is 2.74. The van der Waals surface area contributed by atoms with Crippen molar-refractivity contribution in [1.82, 2.24) is 0 Å². The maximum absolute atomic E-state index is 12.5. The van der Waals surface area contributed by atoms with Crippen molar-refractivity contribution in [3.05, 3.63) is 54.1 Å². The van der Waals surface area contributed by atoms with Gasteiger partial charge in [0.05, 0.1) is 10.6 Å². The molecule has 0 radical (unpaired) electrons. The first-order chi connectivity index (χ1) is 10.5. The van der Waals surface area contributed by atoms with E-state index in [4.69, 9.17) is 0 Å². The van der Waals surface area contributed by atoms with E-state index in [0.717, 1.165) is 24.3 Å². The van der Waals surface area contributed by atoms with Crippen molar-refractivity contribution in [1.29, 1.82) is 0 Å². The second-order valence-electron chi connectivity index (χ2n) is 5.67. The highest BCUT2D eigenvalue weighted by molar-refractivity contribution is 7.92. The minimum Gasteiger partial charge on any atom is -0.371 e. The van der Waals surface area contributed by atoms with Crippen LogP contribution in [0.4, 0.5) is 11.4 Å². The van der Waals surface area contributed by atoms with Crippen molar-refractivity contribution in [3.63, 3.8) is 0 Å². The Hall–Kier alpha value is -2.01. The molecule has 1 aliphatic heterocycles. The van der Waals surface area contributed by atoms with Gasteiger partial charge in [-0.05, 0) is 55.7 Å². The zero-order chi connectivity index (χ0) is 15.6. The normalized spacial score (nSPS) is 15.0. The first kappa shape index (κ1) is 14.9. The molecule has 0 atom stereocenters. The summed E-state index contributed by atoms with van der Waals surface area (Å²) in [6.07, 6.45) is 2.39. The molecule has 5 heteroatoms. The van der Waals surface area contributed by atoms with E-state index < -0.39 is 10.0 Å². The minimum atomic E-state index is -3.54. The van der Waals surface area contributed by atoms with Crippen LogP contribution in [0.3, 0.4) is 0 Å². The number of nitrogens with zero attached hydrogens (tertiary/aromatic N) is 1. The number of benzene rings is 2. The average Bonchev–Trinajstić information content (AvgIpc) is 3.01. The van der Waals surface area contributed by atoms with Crippen LogP contribution in [-0.2, 0) is 10.0 Å². The molecule has 1 fully saturated rings. The van der Waals surface area contributed by atoms with Crippen LogP contribution in [0.2, 0.25) is 0 Å². The molecule has 0 unspecified atom stereocenters. The fraction of sp³-hybridized carbons (Fsp3) is 0.294. The topological polar surface area (TPSA) is 49.4 Å². The summed E-state index contributed by atoms with van der Waals surface area (Å²) in [4.78, 5) is 2.57.